The van der Waals surface area contributed by atoms with Gasteiger partial charge in [0.15, 0.2) is 5.52 Å². The predicted octanol–water partition coefficient (Wildman–Crippen LogP) is 4.68. The van der Waals surface area contributed by atoms with Crippen LogP contribution in [0.1, 0.15) is 0 Å². The molecule has 4 rings (SSSR count). The molecule has 0 fully saturated rings. The Morgan fingerprint density at radius 3 is 2.52 bits per heavy atom. The minimum absolute atomic E-state index is 0.130. The molecule has 0 aliphatic carbocycles. The Hall–Kier alpha value is -3.87. The average molecular weight is 361 g/mol. The van der Waals surface area contributed by atoms with Gasteiger partial charge in [-0.05, 0) is 36.4 Å². The number of rotatable bonds is 4. The first kappa shape index (κ1) is 16.6. The number of methoxy groups -OCH3 is 1. The summed E-state index contributed by atoms with van der Waals surface area (Å²) >= 11 is 0. The second-order valence-corrected chi connectivity index (χ2v) is 5.89. The van der Waals surface area contributed by atoms with Crippen molar-refractivity contribution in [2.45, 2.75) is 0 Å². The maximum absolute atomic E-state index is 11.5. The van der Waals surface area contributed by atoms with Crippen LogP contribution in [0.15, 0.2) is 60.7 Å². The van der Waals surface area contributed by atoms with Crippen LogP contribution in [0.2, 0.25) is 0 Å². The highest BCUT2D eigenvalue weighted by Crippen LogP contribution is 2.41. The number of benzene rings is 3. The smallest absolute Gasteiger partial charge is 0.295 e. The first-order chi connectivity index (χ1) is 13.1. The number of aromatic nitrogens is 1. The van der Waals surface area contributed by atoms with Gasteiger partial charge in [0.05, 0.1) is 28.6 Å². The zero-order valence-corrected chi connectivity index (χ0v) is 14.4. The molecule has 0 aliphatic heterocycles. The summed E-state index contributed by atoms with van der Waals surface area (Å²) in [5.41, 5.74) is 7.35. The normalized spacial score (nSPS) is 10.9. The number of hydrogen-bond acceptors (Lipinski definition) is 6. The van der Waals surface area contributed by atoms with Crippen LogP contribution in [0, 0.1) is 10.1 Å². The van der Waals surface area contributed by atoms with Crippen molar-refractivity contribution in [3.63, 3.8) is 0 Å². The Bertz CT molecular complexity index is 1180. The van der Waals surface area contributed by atoms with E-state index in [-0.39, 0.29) is 11.2 Å². The maximum Gasteiger partial charge on any atom is 0.295 e. The molecule has 4 aromatic rings. The van der Waals surface area contributed by atoms with E-state index < -0.39 is 4.92 Å². The molecule has 0 radical (unpaired) electrons. The van der Waals surface area contributed by atoms with E-state index >= 15 is 0 Å². The number of para-hydroxylation sites is 1. The summed E-state index contributed by atoms with van der Waals surface area (Å²) < 4.78 is 11.2. The fraction of sp³-hybridized carbons (Fsp3) is 0.0500. The lowest BCUT2D eigenvalue weighted by Crippen LogP contribution is -1.99. The average Bonchev–Trinajstić information content (AvgIpc) is 2.68. The molecule has 2 N–H and O–H groups in total. The number of ether oxygens (including phenoxy) is 2. The third-order valence-corrected chi connectivity index (χ3v) is 4.28. The number of pyridine rings is 1. The van der Waals surface area contributed by atoms with E-state index in [1.54, 1.807) is 37.4 Å². The molecule has 0 unspecified atom stereocenters. The summed E-state index contributed by atoms with van der Waals surface area (Å²) in [5, 5.41) is 12.5. The number of nitrogen functional groups attached to an aromatic ring is 1. The van der Waals surface area contributed by atoms with Crippen molar-refractivity contribution in [2.75, 3.05) is 12.8 Å². The first-order valence-corrected chi connectivity index (χ1v) is 8.15. The van der Waals surface area contributed by atoms with Crippen LogP contribution in [0.3, 0.4) is 0 Å². The van der Waals surface area contributed by atoms with E-state index in [9.17, 15) is 10.1 Å². The van der Waals surface area contributed by atoms with E-state index in [0.717, 1.165) is 0 Å². The van der Waals surface area contributed by atoms with Crippen molar-refractivity contribution in [3.05, 3.63) is 70.8 Å². The molecule has 7 nitrogen and oxygen atoms in total. The van der Waals surface area contributed by atoms with Crippen molar-refractivity contribution >= 4 is 33.2 Å². The zero-order chi connectivity index (χ0) is 19.0. The quantitative estimate of drug-likeness (QED) is 0.322. The molecule has 27 heavy (non-hydrogen) atoms. The fourth-order valence-electron chi connectivity index (χ4n) is 2.99. The number of fused-ring (bicyclic) bond motifs is 2. The van der Waals surface area contributed by atoms with Gasteiger partial charge < -0.3 is 15.2 Å². The van der Waals surface area contributed by atoms with Crippen LogP contribution < -0.4 is 15.2 Å². The number of nitro groups is 1. The van der Waals surface area contributed by atoms with Crippen LogP contribution in [-0.2, 0) is 0 Å². The van der Waals surface area contributed by atoms with Gasteiger partial charge >= 0.3 is 0 Å². The molecule has 7 heteroatoms. The zero-order valence-electron chi connectivity index (χ0n) is 14.4. The lowest BCUT2D eigenvalue weighted by Gasteiger charge is -2.13. The van der Waals surface area contributed by atoms with E-state index in [4.69, 9.17) is 15.2 Å². The summed E-state index contributed by atoms with van der Waals surface area (Å²) in [6, 6.07) is 17.3. The summed E-state index contributed by atoms with van der Waals surface area (Å²) in [6.07, 6.45) is 0. The molecule has 134 valence electrons. The SMILES string of the molecule is COc1ccc2nc3c([N+](=O)[O-])ccc(Oc4ccccc4)c3c(N)c2c1. The van der Waals surface area contributed by atoms with Crippen molar-refractivity contribution < 1.29 is 14.4 Å². The molecule has 0 atom stereocenters. The number of non-ortho nitro benzene ring substituents is 1. The molecule has 0 aliphatic rings. The topological polar surface area (TPSA) is 101 Å². The van der Waals surface area contributed by atoms with Gasteiger partial charge in [0.2, 0.25) is 0 Å². The van der Waals surface area contributed by atoms with Gasteiger partial charge in [-0.2, -0.15) is 0 Å². The monoisotopic (exact) mass is 361 g/mol. The first-order valence-electron chi connectivity index (χ1n) is 8.15. The highest BCUT2D eigenvalue weighted by molar-refractivity contribution is 6.11. The third kappa shape index (κ3) is 2.85. The van der Waals surface area contributed by atoms with E-state index in [1.165, 1.54) is 12.1 Å². The Kier molecular flexibility index (Phi) is 3.97. The van der Waals surface area contributed by atoms with E-state index in [1.807, 2.05) is 18.2 Å². The minimum atomic E-state index is -0.476. The number of nitro benzene ring substituents is 1. The third-order valence-electron chi connectivity index (χ3n) is 4.28. The highest BCUT2D eigenvalue weighted by atomic mass is 16.6. The van der Waals surface area contributed by atoms with Crippen LogP contribution in [0.5, 0.6) is 17.2 Å². The standard InChI is InChI=1S/C20H15N3O4/c1-26-13-7-8-15-14(11-13)19(21)18-17(27-12-5-3-2-4-6-12)10-9-16(23(24)25)20(18)22-15/h2-11H,1H3,(H2,21,22). The fourth-order valence-corrected chi connectivity index (χ4v) is 2.99. The highest BCUT2D eigenvalue weighted by Gasteiger charge is 2.21. The van der Waals surface area contributed by atoms with Crippen LogP contribution in [0.4, 0.5) is 11.4 Å². The van der Waals surface area contributed by atoms with Gasteiger partial charge in [-0.15, -0.1) is 0 Å². The van der Waals surface area contributed by atoms with Crippen molar-refractivity contribution in [2.24, 2.45) is 0 Å². The summed E-state index contributed by atoms with van der Waals surface area (Å²) in [7, 11) is 1.56. The molecule has 0 saturated carbocycles. The molecular weight excluding hydrogens is 346 g/mol. The predicted molar refractivity (Wildman–Crippen MR) is 103 cm³/mol. The molecule has 0 spiro atoms. The summed E-state index contributed by atoms with van der Waals surface area (Å²) in [4.78, 5) is 15.5. The van der Waals surface area contributed by atoms with Crippen molar-refractivity contribution in [3.8, 4) is 17.2 Å². The molecule has 3 aromatic carbocycles. The lowest BCUT2D eigenvalue weighted by molar-refractivity contribution is -0.383. The Balaban J connectivity index is 2.05. The van der Waals surface area contributed by atoms with Gasteiger partial charge in [-0.1, -0.05) is 18.2 Å². The van der Waals surface area contributed by atoms with Gasteiger partial charge in [-0.25, -0.2) is 4.98 Å². The van der Waals surface area contributed by atoms with Crippen LogP contribution >= 0.6 is 0 Å². The van der Waals surface area contributed by atoms with Gasteiger partial charge in [0.1, 0.15) is 17.2 Å². The Labute approximate surface area is 154 Å². The van der Waals surface area contributed by atoms with Gasteiger partial charge in [-0.3, -0.25) is 10.1 Å². The van der Waals surface area contributed by atoms with Gasteiger partial charge in [0, 0.05) is 11.5 Å². The Morgan fingerprint density at radius 1 is 1.04 bits per heavy atom. The minimum Gasteiger partial charge on any atom is -0.497 e. The number of nitrogens with two attached hydrogens (primary N) is 1. The van der Waals surface area contributed by atoms with E-state index in [2.05, 4.69) is 4.98 Å². The summed E-state index contributed by atoms with van der Waals surface area (Å²) in [6.45, 7) is 0. The van der Waals surface area contributed by atoms with Crippen molar-refractivity contribution in [1.29, 1.82) is 0 Å². The number of nitrogens with zero attached hydrogens (tertiary/aromatic N) is 2. The maximum atomic E-state index is 11.5. The molecule has 0 bridgehead atoms. The van der Waals surface area contributed by atoms with Crippen LogP contribution in [0.25, 0.3) is 21.8 Å². The second-order valence-electron chi connectivity index (χ2n) is 5.89. The van der Waals surface area contributed by atoms with Gasteiger partial charge in [0.25, 0.3) is 5.69 Å². The number of anilines is 1. The van der Waals surface area contributed by atoms with Crippen molar-refractivity contribution in [1.82, 2.24) is 4.98 Å². The summed E-state index contributed by atoms with van der Waals surface area (Å²) in [5.74, 6) is 1.61. The molecule has 0 saturated heterocycles. The number of hydrogen-bond donors (Lipinski definition) is 1. The largest absolute Gasteiger partial charge is 0.497 e. The second kappa shape index (κ2) is 6.45. The van der Waals surface area contributed by atoms with Crippen LogP contribution in [-0.4, -0.2) is 17.0 Å². The molecule has 1 aromatic heterocycles. The molecular formula is C20H15N3O4. The molecule has 1 heterocycles. The van der Waals surface area contributed by atoms with E-state index in [0.29, 0.717) is 39.2 Å². The molecule has 0 amide bonds. The Morgan fingerprint density at radius 2 is 1.81 bits per heavy atom. The lowest BCUT2D eigenvalue weighted by atomic mass is 10.1.